The van der Waals surface area contributed by atoms with Crippen molar-refractivity contribution in [1.29, 1.82) is 0 Å². The molecule has 0 aromatic carbocycles. The lowest BCUT2D eigenvalue weighted by Crippen LogP contribution is -2.26. The third kappa shape index (κ3) is 2.49. The largest absolute Gasteiger partial charge is 0.472 e. The molecule has 0 saturated carbocycles. The van der Waals surface area contributed by atoms with E-state index in [1.165, 1.54) is 41.3 Å². The van der Waals surface area contributed by atoms with Crippen molar-refractivity contribution >= 4 is 21.4 Å². The van der Waals surface area contributed by atoms with E-state index >= 15 is 0 Å². The molecule has 2 heterocycles. The Morgan fingerprint density at radius 2 is 2.22 bits per heavy atom. The van der Waals surface area contributed by atoms with Gasteiger partial charge < -0.3 is 9.52 Å². The highest BCUT2D eigenvalue weighted by Gasteiger charge is 2.24. The Morgan fingerprint density at radius 1 is 1.44 bits per heavy atom. The lowest BCUT2D eigenvalue weighted by molar-refractivity contribution is 0.282. The summed E-state index contributed by atoms with van der Waals surface area (Å²) in [6.07, 6.45) is 3.01. The second-order valence-electron chi connectivity index (χ2n) is 3.76. The van der Waals surface area contributed by atoms with Crippen LogP contribution >= 0.6 is 11.3 Å². The van der Waals surface area contributed by atoms with Gasteiger partial charge in [0.2, 0.25) is 10.0 Å². The SMILES string of the molecule is CN(Cc1ccoc1)S(=O)(=O)c1ccsc1CO. The highest BCUT2D eigenvalue weighted by Crippen LogP contribution is 2.25. The molecule has 0 aliphatic heterocycles. The number of thiophene rings is 1. The van der Waals surface area contributed by atoms with Gasteiger partial charge in [0.15, 0.2) is 0 Å². The number of nitrogens with zero attached hydrogens (tertiary/aromatic N) is 1. The van der Waals surface area contributed by atoms with Gasteiger partial charge in [-0.25, -0.2) is 8.42 Å². The van der Waals surface area contributed by atoms with Gasteiger partial charge in [-0.05, 0) is 17.5 Å². The molecule has 0 aliphatic rings. The van der Waals surface area contributed by atoms with E-state index in [0.717, 1.165) is 5.56 Å². The van der Waals surface area contributed by atoms with E-state index in [-0.39, 0.29) is 18.0 Å². The van der Waals surface area contributed by atoms with Crippen LogP contribution in [0.5, 0.6) is 0 Å². The fourth-order valence-electron chi connectivity index (χ4n) is 1.57. The minimum absolute atomic E-state index is 0.168. The van der Waals surface area contributed by atoms with Crippen molar-refractivity contribution in [3.63, 3.8) is 0 Å². The lowest BCUT2D eigenvalue weighted by Gasteiger charge is -2.16. The molecule has 0 radical (unpaired) electrons. The zero-order chi connectivity index (χ0) is 13.2. The van der Waals surface area contributed by atoms with E-state index in [2.05, 4.69) is 0 Å². The Kier molecular flexibility index (Phi) is 3.86. The zero-order valence-electron chi connectivity index (χ0n) is 9.74. The lowest BCUT2D eigenvalue weighted by atomic mass is 10.3. The third-order valence-electron chi connectivity index (χ3n) is 2.52. The first-order valence-electron chi connectivity index (χ1n) is 5.20. The van der Waals surface area contributed by atoms with E-state index < -0.39 is 10.0 Å². The number of furan rings is 1. The van der Waals surface area contributed by atoms with Crippen molar-refractivity contribution in [2.75, 3.05) is 7.05 Å². The summed E-state index contributed by atoms with van der Waals surface area (Å²) in [6, 6.07) is 3.23. The maximum Gasteiger partial charge on any atom is 0.244 e. The normalized spacial score (nSPS) is 12.2. The molecule has 0 aliphatic carbocycles. The van der Waals surface area contributed by atoms with Crippen LogP contribution in [0.4, 0.5) is 0 Å². The van der Waals surface area contributed by atoms with Crippen LogP contribution in [0.2, 0.25) is 0 Å². The van der Waals surface area contributed by atoms with E-state index in [9.17, 15) is 8.42 Å². The fraction of sp³-hybridized carbons (Fsp3) is 0.273. The number of rotatable bonds is 5. The van der Waals surface area contributed by atoms with Gasteiger partial charge in [0.1, 0.15) is 0 Å². The Morgan fingerprint density at radius 3 is 2.83 bits per heavy atom. The summed E-state index contributed by atoms with van der Waals surface area (Å²) < 4.78 is 30.7. The molecule has 0 bridgehead atoms. The summed E-state index contributed by atoms with van der Waals surface area (Å²) in [4.78, 5) is 0.620. The second kappa shape index (κ2) is 5.23. The van der Waals surface area contributed by atoms with Crippen LogP contribution in [-0.2, 0) is 23.2 Å². The number of aliphatic hydroxyl groups is 1. The van der Waals surface area contributed by atoms with Crippen molar-refractivity contribution in [3.05, 3.63) is 40.5 Å². The molecular formula is C11H13NO4S2. The van der Waals surface area contributed by atoms with E-state index in [1.54, 1.807) is 11.4 Å². The molecule has 2 aromatic rings. The molecule has 2 rings (SSSR count). The predicted molar refractivity (Wildman–Crippen MR) is 67.6 cm³/mol. The van der Waals surface area contributed by atoms with E-state index in [1.807, 2.05) is 0 Å². The average molecular weight is 287 g/mol. The van der Waals surface area contributed by atoms with Crippen LogP contribution in [0.3, 0.4) is 0 Å². The molecule has 0 spiro atoms. The first-order chi connectivity index (χ1) is 8.55. The molecule has 0 unspecified atom stereocenters. The molecule has 0 amide bonds. The number of sulfonamides is 1. The number of hydrogen-bond donors (Lipinski definition) is 1. The zero-order valence-corrected chi connectivity index (χ0v) is 11.4. The molecule has 0 saturated heterocycles. The molecular weight excluding hydrogens is 274 g/mol. The predicted octanol–water partition coefficient (Wildman–Crippen LogP) is 1.65. The smallest absolute Gasteiger partial charge is 0.244 e. The Bertz CT molecular complexity index is 601. The summed E-state index contributed by atoms with van der Waals surface area (Å²) in [5.41, 5.74) is 0.779. The summed E-state index contributed by atoms with van der Waals surface area (Å²) in [7, 11) is -2.07. The second-order valence-corrected chi connectivity index (χ2v) is 6.77. The maximum absolute atomic E-state index is 12.3. The minimum Gasteiger partial charge on any atom is -0.472 e. The van der Waals surface area contributed by atoms with Crippen molar-refractivity contribution in [2.24, 2.45) is 0 Å². The summed E-state index contributed by atoms with van der Waals surface area (Å²) in [5, 5.41) is 10.8. The van der Waals surface area contributed by atoms with Gasteiger partial charge in [0.05, 0.1) is 24.0 Å². The van der Waals surface area contributed by atoms with Crippen molar-refractivity contribution in [1.82, 2.24) is 4.31 Å². The molecule has 2 aromatic heterocycles. The Balaban J connectivity index is 2.26. The monoisotopic (exact) mass is 287 g/mol. The Hall–Kier alpha value is -1.15. The molecule has 7 heteroatoms. The van der Waals surface area contributed by atoms with Crippen LogP contribution in [0.1, 0.15) is 10.4 Å². The van der Waals surface area contributed by atoms with Crippen LogP contribution in [0, 0.1) is 0 Å². The van der Waals surface area contributed by atoms with E-state index in [4.69, 9.17) is 9.52 Å². The van der Waals surface area contributed by atoms with Crippen molar-refractivity contribution in [2.45, 2.75) is 18.0 Å². The summed E-state index contributed by atoms with van der Waals surface area (Å²) >= 11 is 1.23. The molecule has 1 N–H and O–H groups in total. The van der Waals surface area contributed by atoms with Gasteiger partial charge in [-0.3, -0.25) is 0 Å². The Labute approximate surface area is 109 Å². The fourth-order valence-corrected chi connectivity index (χ4v) is 3.99. The van der Waals surface area contributed by atoms with Crippen LogP contribution in [-0.4, -0.2) is 24.9 Å². The minimum atomic E-state index is -3.57. The maximum atomic E-state index is 12.3. The number of aliphatic hydroxyl groups excluding tert-OH is 1. The molecule has 5 nitrogen and oxygen atoms in total. The molecule has 0 fully saturated rings. The van der Waals surface area contributed by atoms with Gasteiger partial charge in [-0.15, -0.1) is 11.3 Å². The first-order valence-corrected chi connectivity index (χ1v) is 7.52. The standard InChI is InChI=1S/C11H13NO4S2/c1-12(6-9-2-4-16-8-9)18(14,15)11-3-5-17-10(11)7-13/h2-5,8,13H,6-7H2,1H3. The molecule has 18 heavy (non-hydrogen) atoms. The first kappa shape index (κ1) is 13.3. The molecule has 98 valence electrons. The van der Waals surface area contributed by atoms with Gasteiger partial charge in [-0.2, -0.15) is 4.31 Å². The van der Waals surface area contributed by atoms with Gasteiger partial charge in [0.25, 0.3) is 0 Å². The topological polar surface area (TPSA) is 70.8 Å². The molecule has 0 atom stereocenters. The quantitative estimate of drug-likeness (QED) is 0.907. The van der Waals surface area contributed by atoms with Crippen molar-refractivity contribution in [3.8, 4) is 0 Å². The van der Waals surface area contributed by atoms with Gasteiger partial charge >= 0.3 is 0 Å². The van der Waals surface area contributed by atoms with Crippen LogP contribution in [0.25, 0.3) is 0 Å². The van der Waals surface area contributed by atoms with Gasteiger partial charge in [0, 0.05) is 24.0 Å². The van der Waals surface area contributed by atoms with Gasteiger partial charge in [-0.1, -0.05) is 0 Å². The number of hydrogen-bond acceptors (Lipinski definition) is 5. The third-order valence-corrected chi connectivity index (χ3v) is 5.44. The van der Waals surface area contributed by atoms with Crippen LogP contribution < -0.4 is 0 Å². The highest BCUT2D eigenvalue weighted by atomic mass is 32.2. The van der Waals surface area contributed by atoms with Crippen LogP contribution in [0.15, 0.2) is 39.4 Å². The van der Waals surface area contributed by atoms with Crippen molar-refractivity contribution < 1.29 is 17.9 Å². The van der Waals surface area contributed by atoms with E-state index in [0.29, 0.717) is 4.88 Å². The summed E-state index contributed by atoms with van der Waals surface area (Å²) in [5.74, 6) is 0. The highest BCUT2D eigenvalue weighted by molar-refractivity contribution is 7.89. The average Bonchev–Trinajstić information content (AvgIpc) is 2.98. The summed E-state index contributed by atoms with van der Waals surface area (Å²) in [6.45, 7) is -0.0364.